The molecule has 1 amide bonds. The second-order valence-corrected chi connectivity index (χ2v) is 4.03. The summed E-state index contributed by atoms with van der Waals surface area (Å²) in [7, 11) is 0. The number of carbonyl (C=O) groups excluding carboxylic acids is 1. The molecule has 19 heavy (non-hydrogen) atoms. The van der Waals surface area contributed by atoms with Crippen molar-refractivity contribution in [3.05, 3.63) is 34.2 Å². The van der Waals surface area contributed by atoms with Gasteiger partial charge in [-0.3, -0.25) is 9.59 Å². The van der Waals surface area contributed by atoms with E-state index in [-0.39, 0.29) is 6.61 Å². The number of alkyl halides is 3. The fourth-order valence-electron chi connectivity index (χ4n) is 1.34. The lowest BCUT2D eigenvalue weighted by Crippen LogP contribution is -2.39. The number of hydrogen-bond acceptors (Lipinski definition) is 3. The van der Waals surface area contributed by atoms with Crippen molar-refractivity contribution in [2.24, 2.45) is 0 Å². The second-order valence-electron chi connectivity index (χ2n) is 4.03. The van der Waals surface area contributed by atoms with Crippen LogP contribution in [0.15, 0.2) is 23.1 Å². The molecule has 1 aromatic rings. The number of carbonyl (C=O) groups is 1. The molecule has 0 aromatic carbocycles. The normalized spacial score (nSPS) is 13.1. The Morgan fingerprint density at radius 1 is 1.47 bits per heavy atom. The number of aromatic nitrogens is 1. The number of rotatable bonds is 4. The van der Waals surface area contributed by atoms with Crippen LogP contribution in [0.5, 0.6) is 0 Å². The van der Waals surface area contributed by atoms with Crippen molar-refractivity contribution in [3.63, 3.8) is 0 Å². The van der Waals surface area contributed by atoms with Crippen LogP contribution in [0.1, 0.15) is 12.5 Å². The molecule has 1 aromatic heterocycles. The molecule has 1 atom stereocenters. The molecule has 0 aliphatic heterocycles. The molecule has 5 nitrogen and oxygen atoms in total. The van der Waals surface area contributed by atoms with Crippen molar-refractivity contribution in [3.8, 4) is 0 Å². The van der Waals surface area contributed by atoms with Gasteiger partial charge in [0.15, 0.2) is 0 Å². The van der Waals surface area contributed by atoms with Gasteiger partial charge in [-0.25, -0.2) is 0 Å². The molecule has 0 spiro atoms. The van der Waals surface area contributed by atoms with Crippen LogP contribution in [0.4, 0.5) is 13.2 Å². The molecule has 0 aliphatic carbocycles. The van der Waals surface area contributed by atoms with Gasteiger partial charge >= 0.3 is 6.18 Å². The van der Waals surface area contributed by atoms with Crippen LogP contribution in [0.2, 0.25) is 0 Å². The predicted molar refractivity (Wildman–Crippen MR) is 60.4 cm³/mol. The number of aliphatic hydroxyl groups is 1. The summed E-state index contributed by atoms with van der Waals surface area (Å²) in [4.78, 5) is 22.8. The first kappa shape index (κ1) is 15.2. The molecule has 1 heterocycles. The third kappa shape index (κ3) is 4.40. The van der Waals surface area contributed by atoms with Crippen LogP contribution in [-0.4, -0.2) is 28.2 Å². The second kappa shape index (κ2) is 5.87. The largest absolute Gasteiger partial charge is 0.417 e. The number of pyridine rings is 1. The van der Waals surface area contributed by atoms with E-state index < -0.39 is 35.8 Å². The summed E-state index contributed by atoms with van der Waals surface area (Å²) in [6.45, 7) is 0.684. The summed E-state index contributed by atoms with van der Waals surface area (Å²) in [5, 5.41) is 11.1. The molecule has 0 saturated carbocycles. The summed E-state index contributed by atoms with van der Waals surface area (Å²) in [5.41, 5.74) is -1.71. The summed E-state index contributed by atoms with van der Waals surface area (Å²) in [5.74, 6) is -0.650. The first-order valence-electron chi connectivity index (χ1n) is 5.42. The molecule has 106 valence electrons. The van der Waals surface area contributed by atoms with E-state index in [4.69, 9.17) is 5.11 Å². The summed E-state index contributed by atoms with van der Waals surface area (Å²) in [6.07, 6.45) is -3.99. The topological polar surface area (TPSA) is 71.3 Å². The average Bonchev–Trinajstić information content (AvgIpc) is 2.30. The van der Waals surface area contributed by atoms with Gasteiger partial charge in [-0.1, -0.05) is 0 Å². The zero-order valence-corrected chi connectivity index (χ0v) is 10.1. The van der Waals surface area contributed by atoms with Gasteiger partial charge in [0.05, 0.1) is 12.2 Å². The van der Waals surface area contributed by atoms with Crippen molar-refractivity contribution in [1.82, 2.24) is 9.88 Å². The van der Waals surface area contributed by atoms with Gasteiger partial charge < -0.3 is 15.0 Å². The quantitative estimate of drug-likeness (QED) is 0.835. The fraction of sp³-hybridized carbons (Fsp3) is 0.455. The number of hydrogen-bond donors (Lipinski definition) is 2. The SMILES string of the molecule is CC(CO)NC(=O)Cn1cc(C(F)(F)F)ccc1=O. The van der Waals surface area contributed by atoms with Gasteiger partial charge in [0, 0.05) is 18.3 Å². The van der Waals surface area contributed by atoms with Crippen LogP contribution in [0.3, 0.4) is 0 Å². The van der Waals surface area contributed by atoms with Gasteiger partial charge in [-0.05, 0) is 13.0 Å². The predicted octanol–water partition coefficient (Wildman–Crippen LogP) is 0.364. The summed E-state index contributed by atoms with van der Waals surface area (Å²) < 4.78 is 38.0. The van der Waals surface area contributed by atoms with Gasteiger partial charge in [-0.2, -0.15) is 13.2 Å². The highest BCUT2D eigenvalue weighted by atomic mass is 19.4. The lowest BCUT2D eigenvalue weighted by molar-refractivity contribution is -0.138. The maximum atomic E-state index is 12.5. The van der Waals surface area contributed by atoms with E-state index in [0.717, 1.165) is 6.07 Å². The van der Waals surface area contributed by atoms with E-state index >= 15 is 0 Å². The van der Waals surface area contributed by atoms with Crippen LogP contribution in [-0.2, 0) is 17.5 Å². The lowest BCUT2D eigenvalue weighted by Gasteiger charge is -2.13. The highest BCUT2D eigenvalue weighted by Gasteiger charge is 2.31. The standard InChI is InChI=1S/C11H13F3N2O3/c1-7(6-17)15-9(18)5-16-4-8(11(12,13)14)2-3-10(16)19/h2-4,7,17H,5-6H2,1H3,(H,15,18). The molecule has 0 fully saturated rings. The van der Waals surface area contributed by atoms with Crippen molar-refractivity contribution >= 4 is 5.91 Å². The van der Waals surface area contributed by atoms with Gasteiger partial charge in [-0.15, -0.1) is 0 Å². The Kier molecular flexibility index (Phi) is 4.71. The number of halogens is 3. The van der Waals surface area contributed by atoms with Crippen molar-refractivity contribution in [1.29, 1.82) is 0 Å². The summed E-state index contributed by atoms with van der Waals surface area (Å²) in [6, 6.07) is 0.882. The van der Waals surface area contributed by atoms with Crippen molar-refractivity contribution in [2.75, 3.05) is 6.61 Å². The van der Waals surface area contributed by atoms with Gasteiger partial charge in [0.2, 0.25) is 5.91 Å². The first-order valence-corrected chi connectivity index (χ1v) is 5.42. The van der Waals surface area contributed by atoms with E-state index in [1.54, 1.807) is 0 Å². The molecule has 8 heteroatoms. The number of aliphatic hydroxyl groups excluding tert-OH is 1. The third-order valence-electron chi connectivity index (χ3n) is 2.31. The van der Waals surface area contributed by atoms with Crippen LogP contribution >= 0.6 is 0 Å². The molecule has 0 radical (unpaired) electrons. The molecule has 1 unspecified atom stereocenters. The smallest absolute Gasteiger partial charge is 0.394 e. The number of nitrogens with one attached hydrogen (secondary N) is 1. The molecular weight excluding hydrogens is 265 g/mol. The Hall–Kier alpha value is -1.83. The Morgan fingerprint density at radius 3 is 2.63 bits per heavy atom. The third-order valence-corrected chi connectivity index (χ3v) is 2.31. The number of nitrogens with zero attached hydrogens (tertiary/aromatic N) is 1. The zero-order chi connectivity index (χ0) is 14.6. The van der Waals surface area contributed by atoms with E-state index in [1.165, 1.54) is 6.92 Å². The Bertz CT molecular complexity index is 511. The van der Waals surface area contributed by atoms with Crippen LogP contribution in [0, 0.1) is 0 Å². The highest BCUT2D eigenvalue weighted by Crippen LogP contribution is 2.27. The minimum Gasteiger partial charge on any atom is -0.394 e. The van der Waals surface area contributed by atoms with Crippen molar-refractivity contribution < 1.29 is 23.1 Å². The van der Waals surface area contributed by atoms with E-state index in [9.17, 15) is 22.8 Å². The van der Waals surface area contributed by atoms with Crippen molar-refractivity contribution in [2.45, 2.75) is 25.7 Å². The molecule has 0 saturated heterocycles. The molecule has 0 bridgehead atoms. The molecular formula is C11H13F3N2O3. The Morgan fingerprint density at radius 2 is 2.11 bits per heavy atom. The van der Waals surface area contributed by atoms with Crippen LogP contribution in [0.25, 0.3) is 0 Å². The van der Waals surface area contributed by atoms with E-state index in [0.29, 0.717) is 16.8 Å². The lowest BCUT2D eigenvalue weighted by atomic mass is 10.2. The Labute approximate surface area is 106 Å². The monoisotopic (exact) mass is 278 g/mol. The zero-order valence-electron chi connectivity index (χ0n) is 10.1. The first-order chi connectivity index (χ1) is 8.74. The molecule has 0 aliphatic rings. The molecule has 2 N–H and O–H groups in total. The average molecular weight is 278 g/mol. The Balaban J connectivity index is 2.89. The molecule has 1 rings (SSSR count). The minimum absolute atomic E-state index is 0.302. The maximum absolute atomic E-state index is 12.5. The maximum Gasteiger partial charge on any atom is 0.417 e. The number of amides is 1. The van der Waals surface area contributed by atoms with Gasteiger partial charge in [0.1, 0.15) is 6.54 Å². The van der Waals surface area contributed by atoms with E-state index in [2.05, 4.69) is 5.32 Å². The summed E-state index contributed by atoms with van der Waals surface area (Å²) >= 11 is 0. The van der Waals surface area contributed by atoms with Gasteiger partial charge in [0.25, 0.3) is 5.56 Å². The minimum atomic E-state index is -4.58. The van der Waals surface area contributed by atoms with E-state index in [1.807, 2.05) is 0 Å². The highest BCUT2D eigenvalue weighted by molar-refractivity contribution is 5.76. The fourth-order valence-corrected chi connectivity index (χ4v) is 1.34. The van der Waals surface area contributed by atoms with Crippen LogP contribution < -0.4 is 10.9 Å².